The predicted molar refractivity (Wildman–Crippen MR) is 168 cm³/mol. The lowest BCUT2D eigenvalue weighted by Crippen LogP contribution is -2.41. The summed E-state index contributed by atoms with van der Waals surface area (Å²) in [4.78, 5) is 26.8. The van der Waals surface area contributed by atoms with Crippen molar-refractivity contribution in [3.05, 3.63) is 129 Å². The molecule has 4 aromatic rings. The lowest BCUT2D eigenvalue weighted by atomic mass is 9.80. The molecule has 0 unspecified atom stereocenters. The topological polar surface area (TPSA) is 147 Å². The molecule has 5 rings (SSSR count). The SMILES string of the molecule is COc1ccc(C(OC[C@H]2O[C@@H](n3ccc(=O)[nH]c3=O)[C@H](OCCCCN)[C@@H]2O)(c2ccccc2)c2ccc(OC)cc2)cc1. The second-order valence-corrected chi connectivity index (χ2v) is 10.7. The van der Waals surface area contributed by atoms with Crippen molar-refractivity contribution in [1.82, 2.24) is 9.55 Å². The van der Waals surface area contributed by atoms with E-state index in [1.54, 1.807) is 14.2 Å². The first-order valence-electron chi connectivity index (χ1n) is 14.9. The second kappa shape index (κ2) is 14.7. The first kappa shape index (κ1) is 32.1. The molecule has 0 bridgehead atoms. The molecule has 4 N–H and O–H groups in total. The van der Waals surface area contributed by atoms with Crippen molar-refractivity contribution < 1.29 is 28.8 Å². The number of ether oxygens (including phenoxy) is 5. The number of aromatic amines is 1. The van der Waals surface area contributed by atoms with Gasteiger partial charge in [0.25, 0.3) is 5.56 Å². The number of methoxy groups -OCH3 is 2. The molecule has 0 saturated carbocycles. The number of aliphatic hydroxyl groups is 1. The summed E-state index contributed by atoms with van der Waals surface area (Å²) < 4.78 is 31.4. The molecular formula is C34H39N3O8. The zero-order valence-corrected chi connectivity index (χ0v) is 25.3. The maximum atomic E-state index is 12.8. The molecule has 0 spiro atoms. The fourth-order valence-electron chi connectivity index (χ4n) is 5.63. The van der Waals surface area contributed by atoms with Crippen LogP contribution in [0.25, 0.3) is 0 Å². The van der Waals surface area contributed by atoms with Gasteiger partial charge in [0.1, 0.15) is 35.4 Å². The van der Waals surface area contributed by atoms with Gasteiger partial charge in [-0.15, -0.1) is 0 Å². The van der Waals surface area contributed by atoms with Crippen LogP contribution < -0.4 is 26.5 Å². The zero-order valence-electron chi connectivity index (χ0n) is 25.3. The van der Waals surface area contributed by atoms with Crippen molar-refractivity contribution in [2.45, 2.75) is 43.0 Å². The van der Waals surface area contributed by atoms with Crippen LogP contribution in [0.4, 0.5) is 0 Å². The number of benzene rings is 3. The van der Waals surface area contributed by atoms with E-state index in [0.717, 1.165) is 23.1 Å². The van der Waals surface area contributed by atoms with E-state index < -0.39 is 41.4 Å². The highest BCUT2D eigenvalue weighted by Crippen LogP contribution is 2.43. The van der Waals surface area contributed by atoms with E-state index >= 15 is 0 Å². The van der Waals surface area contributed by atoms with Gasteiger partial charge in [0.05, 0.1) is 20.8 Å². The van der Waals surface area contributed by atoms with Crippen LogP contribution in [0.2, 0.25) is 0 Å². The summed E-state index contributed by atoms with van der Waals surface area (Å²) in [5, 5.41) is 11.6. The summed E-state index contributed by atoms with van der Waals surface area (Å²) in [5.74, 6) is 1.38. The van der Waals surface area contributed by atoms with Gasteiger partial charge in [-0.1, -0.05) is 54.6 Å². The van der Waals surface area contributed by atoms with Crippen LogP contribution in [0.5, 0.6) is 11.5 Å². The largest absolute Gasteiger partial charge is 0.497 e. The monoisotopic (exact) mass is 617 g/mol. The number of hydrogen-bond acceptors (Lipinski definition) is 9. The van der Waals surface area contributed by atoms with E-state index in [2.05, 4.69) is 4.98 Å². The smallest absolute Gasteiger partial charge is 0.330 e. The summed E-state index contributed by atoms with van der Waals surface area (Å²) in [6.45, 7) is 0.728. The van der Waals surface area contributed by atoms with Crippen molar-refractivity contribution in [2.75, 3.05) is 34.0 Å². The third-order valence-electron chi connectivity index (χ3n) is 7.98. The minimum absolute atomic E-state index is 0.0780. The Balaban J connectivity index is 1.54. The molecule has 11 heteroatoms. The summed E-state index contributed by atoms with van der Waals surface area (Å²) in [5.41, 5.74) is 5.76. The third kappa shape index (κ3) is 6.87. The summed E-state index contributed by atoms with van der Waals surface area (Å²) in [6.07, 6.45) is -1.24. The predicted octanol–water partition coefficient (Wildman–Crippen LogP) is 2.94. The number of H-pyrrole nitrogens is 1. The van der Waals surface area contributed by atoms with Gasteiger partial charge in [0, 0.05) is 18.9 Å². The molecule has 2 heterocycles. The Bertz CT molecular complexity index is 1580. The molecule has 1 aliphatic rings. The molecule has 1 saturated heterocycles. The number of hydrogen-bond donors (Lipinski definition) is 3. The minimum Gasteiger partial charge on any atom is -0.497 e. The van der Waals surface area contributed by atoms with Crippen LogP contribution in [0, 0.1) is 0 Å². The highest BCUT2D eigenvalue weighted by atomic mass is 16.6. The van der Waals surface area contributed by atoms with E-state index in [1.807, 2.05) is 78.9 Å². The van der Waals surface area contributed by atoms with Gasteiger partial charge in [-0.25, -0.2) is 4.79 Å². The minimum atomic E-state index is -1.16. The number of aromatic nitrogens is 2. The fraction of sp³-hybridized carbons (Fsp3) is 0.353. The number of nitrogens with zero attached hydrogens (tertiary/aromatic N) is 1. The Hall–Kier alpha value is -4.26. The number of nitrogens with one attached hydrogen (secondary N) is 1. The van der Waals surface area contributed by atoms with Gasteiger partial charge in [-0.2, -0.15) is 0 Å². The lowest BCUT2D eigenvalue weighted by molar-refractivity contribution is -0.0982. The average Bonchev–Trinajstić information content (AvgIpc) is 3.38. The highest BCUT2D eigenvalue weighted by Gasteiger charge is 2.48. The van der Waals surface area contributed by atoms with Gasteiger partial charge in [-0.05, 0) is 60.3 Å². The number of aliphatic hydroxyl groups excluding tert-OH is 1. The quantitative estimate of drug-likeness (QED) is 0.144. The first-order valence-corrected chi connectivity index (χ1v) is 14.9. The number of rotatable bonds is 14. The highest BCUT2D eigenvalue weighted by molar-refractivity contribution is 5.49. The molecule has 0 radical (unpaired) electrons. The van der Waals surface area contributed by atoms with Gasteiger partial charge in [-0.3, -0.25) is 14.3 Å². The standard InChI is InChI=1S/C34H39N3O8/c1-41-26-14-10-24(11-15-26)34(23-8-4-3-5-9-23,25-12-16-27(42-2)17-13-25)44-22-28-30(39)31(43-21-7-6-19-35)32(45-28)37-20-18-29(38)36-33(37)40/h3-5,8-18,20,28,30-32,39H,6-7,19,21-22,35H2,1-2H3,(H,36,38,40)/t28-,30-,31-,32-/m1/s1. The molecule has 1 aromatic heterocycles. The van der Waals surface area contributed by atoms with E-state index in [-0.39, 0.29) is 6.61 Å². The van der Waals surface area contributed by atoms with Crippen LogP contribution in [0.3, 0.4) is 0 Å². The van der Waals surface area contributed by atoms with Crippen LogP contribution in [0.1, 0.15) is 35.8 Å². The van der Waals surface area contributed by atoms with E-state index in [0.29, 0.717) is 31.1 Å². The van der Waals surface area contributed by atoms with Gasteiger partial charge in [0.2, 0.25) is 0 Å². The molecule has 238 valence electrons. The van der Waals surface area contributed by atoms with E-state index in [1.165, 1.54) is 16.8 Å². The average molecular weight is 618 g/mol. The molecule has 3 aromatic carbocycles. The summed E-state index contributed by atoms with van der Waals surface area (Å²) >= 11 is 0. The van der Waals surface area contributed by atoms with Crippen molar-refractivity contribution in [1.29, 1.82) is 0 Å². The summed E-state index contributed by atoms with van der Waals surface area (Å²) in [7, 11) is 3.22. The molecule has 4 atom stereocenters. The number of nitrogens with two attached hydrogens (primary N) is 1. The summed E-state index contributed by atoms with van der Waals surface area (Å²) in [6, 6.07) is 26.2. The molecule has 0 amide bonds. The molecule has 11 nitrogen and oxygen atoms in total. The Labute approximate surface area is 261 Å². The van der Waals surface area contributed by atoms with Crippen molar-refractivity contribution >= 4 is 0 Å². The molecule has 45 heavy (non-hydrogen) atoms. The lowest BCUT2D eigenvalue weighted by Gasteiger charge is -2.37. The fourth-order valence-corrected chi connectivity index (χ4v) is 5.63. The second-order valence-electron chi connectivity index (χ2n) is 10.7. The van der Waals surface area contributed by atoms with Crippen molar-refractivity contribution in [3.8, 4) is 11.5 Å². The Morgan fingerprint density at radius 2 is 1.47 bits per heavy atom. The first-order chi connectivity index (χ1) is 21.9. The van der Waals surface area contributed by atoms with Crippen molar-refractivity contribution in [3.63, 3.8) is 0 Å². The van der Waals surface area contributed by atoms with Crippen molar-refractivity contribution in [2.24, 2.45) is 5.73 Å². The van der Waals surface area contributed by atoms with E-state index in [9.17, 15) is 14.7 Å². The maximum Gasteiger partial charge on any atom is 0.330 e. The maximum absolute atomic E-state index is 12.8. The van der Waals surface area contributed by atoms with Gasteiger partial charge >= 0.3 is 5.69 Å². The van der Waals surface area contributed by atoms with Crippen LogP contribution in [-0.2, 0) is 19.8 Å². The Morgan fingerprint density at radius 1 is 0.867 bits per heavy atom. The third-order valence-corrected chi connectivity index (χ3v) is 7.98. The Morgan fingerprint density at radius 3 is 2.02 bits per heavy atom. The van der Waals surface area contributed by atoms with Gasteiger partial charge < -0.3 is 34.5 Å². The van der Waals surface area contributed by atoms with E-state index in [4.69, 9.17) is 29.4 Å². The van der Waals surface area contributed by atoms with Crippen LogP contribution in [-0.4, -0.2) is 66.9 Å². The molecule has 0 aliphatic carbocycles. The van der Waals surface area contributed by atoms with Crippen LogP contribution >= 0.6 is 0 Å². The normalized spacial score (nSPS) is 19.8. The molecule has 1 fully saturated rings. The molecular weight excluding hydrogens is 578 g/mol. The van der Waals surface area contributed by atoms with Gasteiger partial charge in [0.15, 0.2) is 6.23 Å². The zero-order chi connectivity index (χ0) is 31.8. The Kier molecular flexibility index (Phi) is 10.5. The molecule has 1 aliphatic heterocycles. The van der Waals surface area contributed by atoms with Crippen LogP contribution in [0.15, 0.2) is 101 Å². The number of unbranched alkanes of at least 4 members (excludes halogenated alkanes) is 1.